The lowest BCUT2D eigenvalue weighted by Crippen LogP contribution is -2.15. The van der Waals surface area contributed by atoms with Gasteiger partial charge in [-0.05, 0) is 6.07 Å². The molecule has 2 rings (SSSR count). The molecule has 0 unspecified atom stereocenters. The van der Waals surface area contributed by atoms with E-state index in [9.17, 15) is 37.3 Å². The van der Waals surface area contributed by atoms with Crippen molar-refractivity contribution in [3.8, 4) is 0 Å². The van der Waals surface area contributed by atoms with Gasteiger partial charge in [-0.25, -0.2) is 4.39 Å². The zero-order valence-electron chi connectivity index (χ0n) is 10.5. The molecule has 2 aromatic rings. The van der Waals surface area contributed by atoms with Crippen molar-refractivity contribution in [2.24, 2.45) is 0 Å². The fourth-order valence-corrected chi connectivity index (χ4v) is 1.16. The van der Waals surface area contributed by atoms with Crippen LogP contribution in [0.2, 0.25) is 0 Å². The van der Waals surface area contributed by atoms with E-state index in [-0.39, 0.29) is 11.6 Å². The Morgan fingerprint density at radius 1 is 1.09 bits per heavy atom. The highest BCUT2D eigenvalue weighted by Gasteiger charge is 2.33. The maximum atomic E-state index is 12.0. The van der Waals surface area contributed by atoms with Crippen LogP contribution < -0.4 is 11.1 Å². The van der Waals surface area contributed by atoms with Crippen LogP contribution in [-0.4, -0.2) is 14.9 Å². The maximum absolute atomic E-state index is 12.0. The third-order valence-corrected chi connectivity index (χ3v) is 2.15. The van der Waals surface area contributed by atoms with Crippen molar-refractivity contribution in [1.82, 2.24) is 9.97 Å². The number of halogens is 4. The van der Waals surface area contributed by atoms with Crippen molar-refractivity contribution in [2.45, 2.75) is 6.18 Å². The Kier molecular flexibility index (Phi) is 5.16. The standard InChI is InChI=1S/C6H3F3N2O3.C5H4FNO/c7-6(8,9)3-1-4(11(13)14)5(12)10-2-3;6-4-1-2-5(8)7-3-4/h1-2H,(H,10,12);1-3H,(H,7,8). The van der Waals surface area contributed by atoms with Gasteiger partial charge < -0.3 is 9.97 Å². The van der Waals surface area contributed by atoms with Gasteiger partial charge in [-0.15, -0.1) is 0 Å². The average molecular weight is 321 g/mol. The Balaban J connectivity index is 0.000000255. The number of nitrogens with zero attached hydrogens (tertiary/aromatic N) is 1. The van der Waals surface area contributed by atoms with Crippen LogP contribution in [-0.2, 0) is 6.18 Å². The number of hydrogen-bond donors (Lipinski definition) is 2. The average Bonchev–Trinajstić information content (AvgIpc) is 2.41. The van der Waals surface area contributed by atoms with E-state index in [1.165, 1.54) is 0 Å². The third kappa shape index (κ3) is 4.85. The smallest absolute Gasteiger partial charge is 0.326 e. The van der Waals surface area contributed by atoms with Crippen LogP contribution in [0.25, 0.3) is 0 Å². The van der Waals surface area contributed by atoms with Gasteiger partial charge >= 0.3 is 17.4 Å². The summed E-state index contributed by atoms with van der Waals surface area (Å²) >= 11 is 0. The molecule has 0 radical (unpaired) electrons. The van der Waals surface area contributed by atoms with E-state index in [1.807, 2.05) is 0 Å². The second-order valence-electron chi connectivity index (χ2n) is 3.73. The molecule has 0 aliphatic heterocycles. The minimum absolute atomic E-state index is 0.193. The van der Waals surface area contributed by atoms with Crippen molar-refractivity contribution in [2.75, 3.05) is 0 Å². The topological polar surface area (TPSA) is 109 Å². The fourth-order valence-electron chi connectivity index (χ4n) is 1.16. The van der Waals surface area contributed by atoms with Gasteiger partial charge in [0.25, 0.3) is 0 Å². The summed E-state index contributed by atoms with van der Waals surface area (Å²) in [5.74, 6) is -0.426. The highest BCUT2D eigenvalue weighted by molar-refractivity contribution is 5.31. The van der Waals surface area contributed by atoms with E-state index in [0.717, 1.165) is 18.3 Å². The molecule has 0 bridgehead atoms. The summed E-state index contributed by atoms with van der Waals surface area (Å²) in [5, 5.41) is 10.1. The number of aromatic nitrogens is 2. The SMILES string of the molecule is O=c1[nH]cc(C(F)(F)F)cc1[N+](=O)[O-].O=c1ccc(F)c[nH]1. The second kappa shape index (κ2) is 6.65. The largest absolute Gasteiger partial charge is 0.418 e. The molecule has 118 valence electrons. The first kappa shape index (κ1) is 17.1. The van der Waals surface area contributed by atoms with Crippen LogP contribution in [0.15, 0.2) is 40.2 Å². The van der Waals surface area contributed by atoms with Gasteiger partial charge in [0.15, 0.2) is 0 Å². The summed E-state index contributed by atoms with van der Waals surface area (Å²) in [7, 11) is 0. The third-order valence-electron chi connectivity index (χ3n) is 2.15. The first-order valence-electron chi connectivity index (χ1n) is 5.40. The van der Waals surface area contributed by atoms with Crippen LogP contribution in [0.3, 0.4) is 0 Å². The van der Waals surface area contributed by atoms with Crippen molar-refractivity contribution in [3.63, 3.8) is 0 Å². The van der Waals surface area contributed by atoms with Gasteiger partial charge in [-0.3, -0.25) is 19.7 Å². The number of pyridine rings is 2. The Hall–Kier alpha value is -2.98. The molecule has 0 saturated carbocycles. The zero-order chi connectivity index (χ0) is 16.9. The summed E-state index contributed by atoms with van der Waals surface area (Å²) in [4.78, 5) is 33.6. The van der Waals surface area contributed by atoms with E-state index in [4.69, 9.17) is 0 Å². The number of rotatable bonds is 1. The Bertz CT molecular complexity index is 761. The zero-order valence-corrected chi connectivity index (χ0v) is 10.5. The van der Waals surface area contributed by atoms with Gasteiger partial charge in [0.05, 0.1) is 10.5 Å². The molecule has 22 heavy (non-hydrogen) atoms. The maximum Gasteiger partial charge on any atom is 0.418 e. The van der Waals surface area contributed by atoms with E-state index < -0.39 is 33.7 Å². The minimum Gasteiger partial charge on any atom is -0.326 e. The molecule has 0 fully saturated rings. The van der Waals surface area contributed by atoms with Crippen molar-refractivity contribution >= 4 is 5.69 Å². The van der Waals surface area contributed by atoms with E-state index in [2.05, 4.69) is 4.98 Å². The molecule has 2 N–H and O–H groups in total. The number of hydrogen-bond acceptors (Lipinski definition) is 4. The van der Waals surface area contributed by atoms with Crippen LogP contribution in [0.4, 0.5) is 23.2 Å². The molecular formula is C11H7F4N3O4. The molecule has 2 aromatic heterocycles. The van der Waals surface area contributed by atoms with Crippen LogP contribution >= 0.6 is 0 Å². The van der Waals surface area contributed by atoms with Gasteiger partial charge in [-0.1, -0.05) is 0 Å². The molecule has 0 saturated heterocycles. The Morgan fingerprint density at radius 3 is 2.14 bits per heavy atom. The highest BCUT2D eigenvalue weighted by atomic mass is 19.4. The molecule has 0 amide bonds. The fraction of sp³-hybridized carbons (Fsp3) is 0.0909. The molecular weight excluding hydrogens is 314 g/mol. The van der Waals surface area contributed by atoms with Crippen molar-refractivity contribution < 1.29 is 22.5 Å². The second-order valence-corrected chi connectivity index (χ2v) is 3.73. The van der Waals surface area contributed by atoms with E-state index in [1.54, 1.807) is 4.98 Å². The summed E-state index contributed by atoms with van der Waals surface area (Å²) in [6.07, 6.45) is -3.31. The normalized spacial score (nSPS) is 10.5. The lowest BCUT2D eigenvalue weighted by Gasteiger charge is -2.04. The van der Waals surface area contributed by atoms with Crippen LogP contribution in [0.1, 0.15) is 5.56 Å². The predicted octanol–water partition coefficient (Wildman–Crippen LogP) is 1.82. The minimum atomic E-state index is -4.71. The Morgan fingerprint density at radius 2 is 1.73 bits per heavy atom. The lowest BCUT2D eigenvalue weighted by atomic mass is 10.2. The lowest BCUT2D eigenvalue weighted by molar-refractivity contribution is -0.386. The van der Waals surface area contributed by atoms with Gasteiger partial charge in [-0.2, -0.15) is 13.2 Å². The number of aromatic amines is 2. The first-order chi connectivity index (χ1) is 10.1. The number of alkyl halides is 3. The van der Waals surface area contributed by atoms with Crippen molar-refractivity contribution in [3.05, 3.63) is 72.8 Å². The van der Waals surface area contributed by atoms with Crippen molar-refractivity contribution in [1.29, 1.82) is 0 Å². The molecule has 11 heteroatoms. The quantitative estimate of drug-likeness (QED) is 0.474. The molecule has 0 aliphatic carbocycles. The van der Waals surface area contributed by atoms with E-state index >= 15 is 0 Å². The summed E-state index contributed by atoms with van der Waals surface area (Å²) < 4.78 is 48.0. The molecule has 0 aromatic carbocycles. The van der Waals surface area contributed by atoms with E-state index in [0.29, 0.717) is 6.20 Å². The molecule has 0 atom stereocenters. The molecule has 7 nitrogen and oxygen atoms in total. The highest BCUT2D eigenvalue weighted by Crippen LogP contribution is 2.29. The van der Waals surface area contributed by atoms with Crippen LogP contribution in [0, 0.1) is 15.9 Å². The summed E-state index contributed by atoms with van der Waals surface area (Å²) in [5.41, 5.74) is -3.84. The molecule has 0 aliphatic rings. The molecule has 2 heterocycles. The van der Waals surface area contributed by atoms with Crippen LogP contribution in [0.5, 0.6) is 0 Å². The Labute approximate surface area is 118 Å². The van der Waals surface area contributed by atoms with Gasteiger partial charge in [0, 0.05) is 24.5 Å². The number of H-pyrrole nitrogens is 2. The number of nitrogens with one attached hydrogen (secondary N) is 2. The molecule has 0 spiro atoms. The monoisotopic (exact) mass is 321 g/mol. The summed E-state index contributed by atoms with van der Waals surface area (Å²) in [6.45, 7) is 0. The summed E-state index contributed by atoms with van der Waals surface area (Å²) in [6, 6.07) is 2.44. The first-order valence-corrected chi connectivity index (χ1v) is 5.40. The van der Waals surface area contributed by atoms with Gasteiger partial charge in [0.2, 0.25) is 5.56 Å². The number of nitro groups is 1. The van der Waals surface area contributed by atoms with Gasteiger partial charge in [0.1, 0.15) is 5.82 Å². The predicted molar refractivity (Wildman–Crippen MR) is 65.7 cm³/mol.